The van der Waals surface area contributed by atoms with Crippen molar-refractivity contribution in [3.05, 3.63) is 45.8 Å². The summed E-state index contributed by atoms with van der Waals surface area (Å²) in [5, 5.41) is 6.16. The number of nitrogens with zero attached hydrogens (tertiary/aromatic N) is 6. The van der Waals surface area contributed by atoms with E-state index >= 15 is 0 Å². The van der Waals surface area contributed by atoms with E-state index in [1.54, 1.807) is 23.1 Å². The molecule has 1 saturated heterocycles. The molecule has 3 aromatic rings. The van der Waals surface area contributed by atoms with E-state index in [9.17, 15) is 4.79 Å². The number of aryl methyl sites for hydroxylation is 1. The number of fused-ring (bicyclic) bond motifs is 1. The quantitative estimate of drug-likeness (QED) is 0.722. The molecular formula is C15H18N6OS. The van der Waals surface area contributed by atoms with E-state index in [-0.39, 0.29) is 5.56 Å². The van der Waals surface area contributed by atoms with Crippen LogP contribution < -0.4 is 5.56 Å². The molecule has 0 radical (unpaired) electrons. The lowest BCUT2D eigenvalue weighted by molar-refractivity contribution is 0.216. The second kappa shape index (κ2) is 5.86. The van der Waals surface area contributed by atoms with Crippen LogP contribution in [0.5, 0.6) is 0 Å². The zero-order valence-corrected chi connectivity index (χ0v) is 13.7. The predicted molar refractivity (Wildman–Crippen MR) is 87.5 cm³/mol. The summed E-state index contributed by atoms with van der Waals surface area (Å²) in [6.07, 6.45) is 5.62. The average molecular weight is 330 g/mol. The van der Waals surface area contributed by atoms with E-state index < -0.39 is 0 Å². The summed E-state index contributed by atoms with van der Waals surface area (Å²) in [5.74, 6) is 0. The number of hydrogen-bond acceptors (Lipinski definition) is 6. The molecule has 0 aromatic carbocycles. The van der Waals surface area contributed by atoms with Gasteiger partial charge in [0.1, 0.15) is 12.7 Å². The maximum Gasteiger partial charge on any atom is 0.259 e. The fourth-order valence-corrected chi connectivity index (χ4v) is 4.13. The first-order valence-electron chi connectivity index (χ1n) is 7.74. The van der Waals surface area contributed by atoms with Crippen molar-refractivity contribution in [2.45, 2.75) is 38.9 Å². The van der Waals surface area contributed by atoms with E-state index in [2.05, 4.69) is 20.0 Å². The molecule has 1 fully saturated rings. The summed E-state index contributed by atoms with van der Waals surface area (Å²) in [4.78, 5) is 24.1. The summed E-state index contributed by atoms with van der Waals surface area (Å²) in [6, 6.07) is 2.08. The average Bonchev–Trinajstić information content (AvgIpc) is 3.24. The van der Waals surface area contributed by atoms with Gasteiger partial charge in [0.2, 0.25) is 0 Å². The topological polar surface area (TPSA) is 68.3 Å². The van der Waals surface area contributed by atoms with Crippen LogP contribution in [-0.4, -0.2) is 41.6 Å². The Morgan fingerprint density at radius 1 is 1.43 bits per heavy atom. The van der Waals surface area contributed by atoms with Crippen LogP contribution in [0.15, 0.2) is 28.9 Å². The van der Waals surface area contributed by atoms with Crippen molar-refractivity contribution in [3.63, 3.8) is 0 Å². The summed E-state index contributed by atoms with van der Waals surface area (Å²) in [7, 11) is 0. The molecule has 1 aliphatic rings. The minimum atomic E-state index is 0.00998. The van der Waals surface area contributed by atoms with Crippen molar-refractivity contribution < 1.29 is 0 Å². The maximum absolute atomic E-state index is 12.3. The lowest BCUT2D eigenvalue weighted by Gasteiger charge is -2.23. The SMILES string of the molecule is Cc1csc2nc(CN3CCCC3Cn3cncn3)cc(=O)n12. The van der Waals surface area contributed by atoms with Crippen LogP contribution in [0.1, 0.15) is 24.2 Å². The fourth-order valence-electron chi connectivity index (χ4n) is 3.24. The molecular weight excluding hydrogens is 312 g/mol. The van der Waals surface area contributed by atoms with Gasteiger partial charge in [-0.1, -0.05) is 0 Å². The van der Waals surface area contributed by atoms with Crippen molar-refractivity contribution in [1.29, 1.82) is 0 Å². The van der Waals surface area contributed by atoms with Crippen molar-refractivity contribution in [2.75, 3.05) is 6.54 Å². The molecule has 4 rings (SSSR count). The molecule has 8 heteroatoms. The second-order valence-electron chi connectivity index (χ2n) is 5.96. The van der Waals surface area contributed by atoms with Crippen molar-refractivity contribution in [3.8, 4) is 0 Å². The number of hydrogen-bond donors (Lipinski definition) is 0. The lowest BCUT2D eigenvalue weighted by Crippen LogP contribution is -2.33. The summed E-state index contributed by atoms with van der Waals surface area (Å²) < 4.78 is 3.54. The van der Waals surface area contributed by atoms with E-state index in [4.69, 9.17) is 0 Å². The van der Waals surface area contributed by atoms with Crippen molar-refractivity contribution in [2.24, 2.45) is 0 Å². The first-order valence-corrected chi connectivity index (χ1v) is 8.62. The third-order valence-electron chi connectivity index (χ3n) is 4.36. The molecule has 1 atom stereocenters. The van der Waals surface area contributed by atoms with E-state index in [1.165, 1.54) is 17.8 Å². The Bertz CT molecular complexity index is 868. The number of likely N-dealkylation sites (tertiary alicyclic amines) is 1. The maximum atomic E-state index is 12.3. The molecule has 120 valence electrons. The Labute approximate surface area is 137 Å². The highest BCUT2D eigenvalue weighted by Crippen LogP contribution is 2.21. The first-order chi connectivity index (χ1) is 11.2. The normalized spacial score (nSPS) is 18.9. The van der Waals surface area contributed by atoms with Gasteiger partial charge in [-0.2, -0.15) is 5.10 Å². The fraction of sp³-hybridized carbons (Fsp3) is 0.467. The molecule has 0 aliphatic carbocycles. The summed E-state index contributed by atoms with van der Waals surface area (Å²) in [5.41, 5.74) is 1.80. The van der Waals surface area contributed by atoms with Crippen molar-refractivity contribution in [1.82, 2.24) is 29.0 Å². The van der Waals surface area contributed by atoms with E-state index in [0.29, 0.717) is 12.6 Å². The summed E-state index contributed by atoms with van der Waals surface area (Å²) >= 11 is 1.52. The van der Waals surface area contributed by atoms with Crippen LogP contribution >= 0.6 is 11.3 Å². The molecule has 0 N–H and O–H groups in total. The first kappa shape index (κ1) is 14.5. The highest BCUT2D eigenvalue weighted by Gasteiger charge is 2.25. The Balaban J connectivity index is 1.56. The van der Waals surface area contributed by atoms with Gasteiger partial charge in [-0.3, -0.25) is 18.8 Å². The Hall–Kier alpha value is -2.06. The molecule has 3 aromatic heterocycles. The zero-order chi connectivity index (χ0) is 15.8. The number of thiazole rings is 1. The molecule has 0 spiro atoms. The third-order valence-corrected chi connectivity index (χ3v) is 5.30. The van der Waals surface area contributed by atoms with Crippen molar-refractivity contribution >= 4 is 16.3 Å². The van der Waals surface area contributed by atoms with Crippen LogP contribution in [0.25, 0.3) is 4.96 Å². The van der Waals surface area contributed by atoms with Crippen LogP contribution in [0.2, 0.25) is 0 Å². The van der Waals surface area contributed by atoms with Crippen LogP contribution in [0.3, 0.4) is 0 Å². The molecule has 1 unspecified atom stereocenters. The molecule has 0 saturated carbocycles. The van der Waals surface area contributed by atoms with Gasteiger partial charge >= 0.3 is 0 Å². The Kier molecular flexibility index (Phi) is 3.70. The minimum absolute atomic E-state index is 0.00998. The third kappa shape index (κ3) is 2.79. The van der Waals surface area contributed by atoms with E-state index in [0.717, 1.165) is 35.9 Å². The van der Waals surface area contributed by atoms with Gasteiger partial charge in [0.05, 0.1) is 12.2 Å². The summed E-state index contributed by atoms with van der Waals surface area (Å²) in [6.45, 7) is 4.51. The van der Waals surface area contributed by atoms with Gasteiger partial charge in [0, 0.05) is 29.7 Å². The smallest absolute Gasteiger partial charge is 0.259 e. The highest BCUT2D eigenvalue weighted by atomic mass is 32.1. The number of aromatic nitrogens is 5. The standard InChI is InChI=1S/C15H18N6OS/c1-11-8-23-15-18-12(5-14(22)21(11)15)6-19-4-2-3-13(19)7-20-10-16-9-17-20/h5,8-10,13H,2-4,6-7H2,1H3. The van der Waals surface area contributed by atoms with Gasteiger partial charge in [-0.05, 0) is 26.3 Å². The highest BCUT2D eigenvalue weighted by molar-refractivity contribution is 7.15. The van der Waals surface area contributed by atoms with Crippen LogP contribution in [0, 0.1) is 6.92 Å². The van der Waals surface area contributed by atoms with E-state index in [1.807, 2.05) is 17.0 Å². The largest absolute Gasteiger partial charge is 0.293 e. The van der Waals surface area contributed by atoms with Gasteiger partial charge in [-0.25, -0.2) is 9.97 Å². The Morgan fingerprint density at radius 3 is 3.17 bits per heavy atom. The molecule has 7 nitrogen and oxygen atoms in total. The lowest BCUT2D eigenvalue weighted by atomic mass is 10.2. The minimum Gasteiger partial charge on any atom is -0.293 e. The van der Waals surface area contributed by atoms with Gasteiger partial charge in [-0.15, -0.1) is 11.3 Å². The Morgan fingerprint density at radius 2 is 2.35 bits per heavy atom. The van der Waals surface area contributed by atoms with Crippen LogP contribution in [0.4, 0.5) is 0 Å². The molecule has 23 heavy (non-hydrogen) atoms. The van der Waals surface area contributed by atoms with Gasteiger partial charge in [0.25, 0.3) is 5.56 Å². The second-order valence-corrected chi connectivity index (χ2v) is 6.80. The zero-order valence-electron chi connectivity index (χ0n) is 12.9. The van der Waals surface area contributed by atoms with Gasteiger partial charge in [0.15, 0.2) is 4.96 Å². The predicted octanol–water partition coefficient (Wildman–Crippen LogP) is 1.32. The van der Waals surface area contributed by atoms with Crippen LogP contribution in [-0.2, 0) is 13.1 Å². The molecule has 4 heterocycles. The number of rotatable bonds is 4. The molecule has 0 bridgehead atoms. The monoisotopic (exact) mass is 330 g/mol. The van der Waals surface area contributed by atoms with Gasteiger partial charge < -0.3 is 0 Å². The molecule has 1 aliphatic heterocycles. The molecule has 0 amide bonds.